The number of ether oxygens (including phenoxy) is 2. The number of para-hydroxylation sites is 1. The van der Waals surface area contributed by atoms with E-state index in [1.54, 1.807) is 19.2 Å². The number of nitrogens with zero attached hydrogens (tertiary/aromatic N) is 2. The first kappa shape index (κ1) is 15.6. The van der Waals surface area contributed by atoms with E-state index in [0.29, 0.717) is 22.5 Å². The van der Waals surface area contributed by atoms with Crippen LogP contribution in [-0.2, 0) is 20.9 Å². The zero-order valence-corrected chi connectivity index (χ0v) is 13.3. The second-order valence-corrected chi connectivity index (χ2v) is 6.16. The Morgan fingerprint density at radius 1 is 1.43 bits per heavy atom. The molecule has 1 aliphatic rings. The molecule has 1 aliphatic heterocycles. The van der Waals surface area contributed by atoms with E-state index in [4.69, 9.17) is 9.47 Å². The van der Waals surface area contributed by atoms with Crippen molar-refractivity contribution in [1.29, 1.82) is 0 Å². The quantitative estimate of drug-likeness (QED) is 0.666. The molecule has 1 aromatic carbocycles. The summed E-state index contributed by atoms with van der Waals surface area (Å²) in [5.41, 5.74) is 0.875. The number of benzene rings is 1. The fourth-order valence-corrected chi connectivity index (χ4v) is 3.18. The third-order valence-electron chi connectivity index (χ3n) is 3.41. The lowest BCUT2D eigenvalue weighted by molar-refractivity contribution is -0.136. The van der Waals surface area contributed by atoms with Crippen LogP contribution in [0.15, 0.2) is 24.3 Å². The highest BCUT2D eigenvalue weighted by atomic mass is 32.1. The maximum absolute atomic E-state index is 12.2. The first-order valence-electron chi connectivity index (χ1n) is 7.06. The number of carbonyl (C=O) groups is 2. The van der Waals surface area contributed by atoms with Gasteiger partial charge in [0.05, 0.1) is 6.42 Å². The molecule has 0 saturated carbocycles. The molecule has 1 atom stereocenters. The lowest BCUT2D eigenvalue weighted by Crippen LogP contribution is -2.24. The summed E-state index contributed by atoms with van der Waals surface area (Å²) >= 11 is 1.26. The molecule has 0 fully saturated rings. The Labute approximate surface area is 136 Å². The number of nitrogens with one attached hydrogen (secondary N) is 1. The summed E-state index contributed by atoms with van der Waals surface area (Å²) in [6.07, 6.45) is 0.376. The molecule has 23 heavy (non-hydrogen) atoms. The minimum atomic E-state index is -0.320. The van der Waals surface area contributed by atoms with Gasteiger partial charge in [0.2, 0.25) is 11.0 Å². The molecule has 2 heterocycles. The molecule has 0 spiro atoms. The topological polar surface area (TPSA) is 90.4 Å². The summed E-state index contributed by atoms with van der Waals surface area (Å²) in [4.78, 5) is 23.9. The molecule has 7 nitrogen and oxygen atoms in total. The number of aromatic nitrogens is 2. The van der Waals surface area contributed by atoms with Crippen molar-refractivity contribution in [2.75, 3.05) is 12.4 Å². The van der Waals surface area contributed by atoms with E-state index in [-0.39, 0.29) is 30.6 Å². The number of amides is 1. The first-order valence-corrected chi connectivity index (χ1v) is 7.88. The van der Waals surface area contributed by atoms with Crippen molar-refractivity contribution >= 4 is 28.3 Å². The molecular weight excluding hydrogens is 318 g/mol. The Bertz CT molecular complexity index is 731. The van der Waals surface area contributed by atoms with Crippen LogP contribution >= 0.6 is 11.3 Å². The minimum Gasteiger partial charge on any atom is -0.426 e. The molecule has 0 bridgehead atoms. The SMILES string of the molecule is COCc1nnc(NC(=O)C[C@H]2CC(=O)Oc3ccccc32)s1. The van der Waals surface area contributed by atoms with Crippen molar-refractivity contribution in [2.45, 2.75) is 25.4 Å². The predicted octanol–water partition coefficient (Wildman–Crippen LogP) is 2.11. The summed E-state index contributed by atoms with van der Waals surface area (Å²) in [5.74, 6) is -0.196. The number of fused-ring (bicyclic) bond motifs is 1. The smallest absolute Gasteiger partial charge is 0.311 e. The summed E-state index contributed by atoms with van der Waals surface area (Å²) < 4.78 is 10.1. The summed E-state index contributed by atoms with van der Waals surface area (Å²) in [7, 11) is 1.57. The van der Waals surface area contributed by atoms with Crippen LogP contribution in [0.4, 0.5) is 5.13 Å². The summed E-state index contributed by atoms with van der Waals surface area (Å²) in [6, 6.07) is 7.28. The van der Waals surface area contributed by atoms with E-state index >= 15 is 0 Å². The van der Waals surface area contributed by atoms with Gasteiger partial charge < -0.3 is 14.8 Å². The second-order valence-electron chi connectivity index (χ2n) is 5.10. The maximum Gasteiger partial charge on any atom is 0.311 e. The van der Waals surface area contributed by atoms with Crippen LogP contribution in [-0.4, -0.2) is 29.2 Å². The molecule has 3 rings (SSSR count). The van der Waals surface area contributed by atoms with Gasteiger partial charge in [-0.1, -0.05) is 29.5 Å². The number of anilines is 1. The monoisotopic (exact) mass is 333 g/mol. The van der Waals surface area contributed by atoms with Crippen LogP contribution in [0.1, 0.15) is 29.3 Å². The molecule has 0 unspecified atom stereocenters. The average molecular weight is 333 g/mol. The van der Waals surface area contributed by atoms with Crippen LogP contribution < -0.4 is 10.1 Å². The number of methoxy groups -OCH3 is 1. The molecule has 2 aromatic rings. The van der Waals surface area contributed by atoms with Crippen molar-refractivity contribution in [2.24, 2.45) is 0 Å². The predicted molar refractivity (Wildman–Crippen MR) is 83.3 cm³/mol. The highest BCUT2D eigenvalue weighted by Gasteiger charge is 2.28. The van der Waals surface area contributed by atoms with Crippen LogP contribution in [0.2, 0.25) is 0 Å². The van der Waals surface area contributed by atoms with E-state index in [9.17, 15) is 9.59 Å². The molecule has 1 N–H and O–H groups in total. The zero-order valence-electron chi connectivity index (χ0n) is 12.4. The fraction of sp³-hybridized carbons (Fsp3) is 0.333. The molecule has 0 aliphatic carbocycles. The third-order valence-corrected chi connectivity index (χ3v) is 4.22. The lowest BCUT2D eigenvalue weighted by Gasteiger charge is -2.23. The van der Waals surface area contributed by atoms with Gasteiger partial charge in [-0.05, 0) is 11.6 Å². The molecule has 8 heteroatoms. The highest BCUT2D eigenvalue weighted by molar-refractivity contribution is 7.15. The van der Waals surface area contributed by atoms with Gasteiger partial charge >= 0.3 is 5.97 Å². The van der Waals surface area contributed by atoms with Crippen molar-refractivity contribution in [3.05, 3.63) is 34.8 Å². The van der Waals surface area contributed by atoms with Crippen LogP contribution in [0.25, 0.3) is 0 Å². The third kappa shape index (κ3) is 3.72. The van der Waals surface area contributed by atoms with Crippen molar-refractivity contribution in [1.82, 2.24) is 10.2 Å². The number of esters is 1. The van der Waals surface area contributed by atoms with E-state index in [2.05, 4.69) is 15.5 Å². The van der Waals surface area contributed by atoms with Gasteiger partial charge in [-0.2, -0.15) is 0 Å². The molecule has 1 amide bonds. The molecule has 1 aromatic heterocycles. The lowest BCUT2D eigenvalue weighted by atomic mass is 9.90. The van der Waals surface area contributed by atoms with E-state index < -0.39 is 0 Å². The van der Waals surface area contributed by atoms with Crippen molar-refractivity contribution < 1.29 is 19.1 Å². The Morgan fingerprint density at radius 3 is 3.09 bits per heavy atom. The number of carbonyl (C=O) groups excluding carboxylic acids is 2. The van der Waals surface area contributed by atoms with Crippen LogP contribution in [0.3, 0.4) is 0 Å². The molecule has 120 valence electrons. The van der Waals surface area contributed by atoms with E-state index in [1.807, 2.05) is 12.1 Å². The van der Waals surface area contributed by atoms with Crippen LogP contribution in [0.5, 0.6) is 5.75 Å². The Hall–Kier alpha value is -2.32. The highest BCUT2D eigenvalue weighted by Crippen LogP contribution is 2.36. The maximum atomic E-state index is 12.2. The largest absolute Gasteiger partial charge is 0.426 e. The zero-order chi connectivity index (χ0) is 16.2. The van der Waals surface area contributed by atoms with Crippen LogP contribution in [0, 0.1) is 0 Å². The van der Waals surface area contributed by atoms with Gasteiger partial charge in [0.15, 0.2) is 0 Å². The van der Waals surface area contributed by atoms with E-state index in [1.165, 1.54) is 11.3 Å². The molecule has 0 radical (unpaired) electrons. The minimum absolute atomic E-state index is 0.186. The normalized spacial score (nSPS) is 16.6. The standard InChI is InChI=1S/C15H15N3O4S/c1-21-8-13-17-18-15(23-13)16-12(19)6-9-7-14(20)22-11-5-3-2-4-10(9)11/h2-5,9H,6-8H2,1H3,(H,16,18,19)/t9-/m0/s1. The Morgan fingerprint density at radius 2 is 2.26 bits per heavy atom. The van der Waals surface area contributed by atoms with Crippen molar-refractivity contribution in [3.8, 4) is 5.75 Å². The average Bonchev–Trinajstić information content (AvgIpc) is 2.94. The molecular formula is C15H15N3O4S. The van der Waals surface area contributed by atoms with Gasteiger partial charge in [-0.15, -0.1) is 10.2 Å². The second kappa shape index (κ2) is 6.84. The fourth-order valence-electron chi connectivity index (χ4n) is 2.45. The number of hydrogen-bond donors (Lipinski definition) is 1. The van der Waals surface area contributed by atoms with Gasteiger partial charge in [0.25, 0.3) is 0 Å². The van der Waals surface area contributed by atoms with Gasteiger partial charge in [0, 0.05) is 19.4 Å². The van der Waals surface area contributed by atoms with E-state index in [0.717, 1.165) is 5.56 Å². The summed E-state index contributed by atoms with van der Waals surface area (Å²) in [5, 5.41) is 11.6. The summed E-state index contributed by atoms with van der Waals surface area (Å²) in [6.45, 7) is 0.357. The number of rotatable bonds is 5. The Kier molecular flexibility index (Phi) is 4.63. The van der Waals surface area contributed by atoms with Gasteiger partial charge in [-0.3, -0.25) is 9.59 Å². The van der Waals surface area contributed by atoms with Crippen molar-refractivity contribution in [3.63, 3.8) is 0 Å². The van der Waals surface area contributed by atoms with Gasteiger partial charge in [0.1, 0.15) is 17.4 Å². The number of hydrogen-bond acceptors (Lipinski definition) is 7. The molecule has 0 saturated heterocycles. The first-order chi connectivity index (χ1) is 11.2. The Balaban J connectivity index is 1.66. The van der Waals surface area contributed by atoms with Gasteiger partial charge in [-0.25, -0.2) is 0 Å².